The highest BCUT2D eigenvalue weighted by Crippen LogP contribution is 2.39. The number of para-hydroxylation sites is 1. The first-order chi connectivity index (χ1) is 14.8. The molecule has 1 aromatic heterocycles. The number of aromatic nitrogens is 1. The van der Waals surface area contributed by atoms with Crippen molar-refractivity contribution in [3.8, 4) is 22.1 Å². The Labute approximate surface area is 188 Å². The first kappa shape index (κ1) is 23.0. The van der Waals surface area contributed by atoms with Crippen molar-refractivity contribution < 1.29 is 27.4 Å². The summed E-state index contributed by atoms with van der Waals surface area (Å²) in [5.41, 5.74) is 1.22. The summed E-state index contributed by atoms with van der Waals surface area (Å²) in [5.74, 6) is 0.373. The second-order valence-corrected chi connectivity index (χ2v) is 9.26. The number of nitrogens with one attached hydrogen (secondary N) is 1. The van der Waals surface area contributed by atoms with Crippen molar-refractivity contribution in [1.29, 1.82) is 0 Å². The second kappa shape index (κ2) is 9.65. The molecular weight excluding hydrogens is 464 g/mol. The molecule has 0 aliphatic carbocycles. The quantitative estimate of drug-likeness (QED) is 0.487. The van der Waals surface area contributed by atoms with E-state index in [9.17, 15) is 13.2 Å². The molecule has 0 saturated heterocycles. The number of thiazole rings is 1. The van der Waals surface area contributed by atoms with Gasteiger partial charge in [0, 0.05) is 5.38 Å². The summed E-state index contributed by atoms with van der Waals surface area (Å²) in [4.78, 5) is 16.9. The van der Waals surface area contributed by atoms with Crippen molar-refractivity contribution in [1.82, 2.24) is 9.71 Å². The van der Waals surface area contributed by atoms with Gasteiger partial charge in [-0.2, -0.15) is 0 Å². The summed E-state index contributed by atoms with van der Waals surface area (Å²) in [6, 6.07) is 9.27. The Morgan fingerprint density at radius 3 is 2.65 bits per heavy atom. The van der Waals surface area contributed by atoms with Gasteiger partial charge in [-0.25, -0.2) is 22.9 Å². The van der Waals surface area contributed by atoms with E-state index in [0.29, 0.717) is 22.2 Å². The molecule has 0 atom stereocenters. The lowest BCUT2D eigenvalue weighted by Crippen LogP contribution is -2.19. The number of hydrogen-bond acceptors (Lipinski definition) is 8. The van der Waals surface area contributed by atoms with Crippen LogP contribution in [-0.2, 0) is 21.4 Å². The van der Waals surface area contributed by atoms with Gasteiger partial charge in [0.15, 0.2) is 11.5 Å². The van der Waals surface area contributed by atoms with E-state index >= 15 is 0 Å². The van der Waals surface area contributed by atoms with Gasteiger partial charge in [0.2, 0.25) is 10.0 Å². The number of carbonyl (C=O) groups is 1. The molecule has 2 aromatic carbocycles. The number of nitrogens with zero attached hydrogens (tertiary/aromatic N) is 1. The minimum atomic E-state index is -3.73. The molecule has 3 aromatic rings. The SMILES string of the molecule is CNS(=O)(=O)c1ccc(Cl)c(C(=O)OCc2csc(-c3cccc(OC)c3OC)n2)c1. The number of esters is 1. The van der Waals surface area contributed by atoms with Gasteiger partial charge >= 0.3 is 5.97 Å². The van der Waals surface area contributed by atoms with Crippen LogP contribution in [-0.4, -0.2) is 40.6 Å². The molecule has 3 rings (SSSR count). The van der Waals surface area contributed by atoms with Crippen LogP contribution in [0.3, 0.4) is 0 Å². The van der Waals surface area contributed by atoms with Crippen molar-refractivity contribution in [2.24, 2.45) is 0 Å². The number of methoxy groups -OCH3 is 2. The third-order valence-electron chi connectivity index (χ3n) is 4.27. The molecule has 1 heterocycles. The van der Waals surface area contributed by atoms with Crippen molar-refractivity contribution in [3.63, 3.8) is 0 Å². The van der Waals surface area contributed by atoms with Crippen LogP contribution >= 0.6 is 22.9 Å². The van der Waals surface area contributed by atoms with Crippen molar-refractivity contribution in [3.05, 3.63) is 58.1 Å². The van der Waals surface area contributed by atoms with Gasteiger partial charge in [-0.15, -0.1) is 11.3 Å². The van der Waals surface area contributed by atoms with Gasteiger partial charge in [-0.1, -0.05) is 17.7 Å². The van der Waals surface area contributed by atoms with Crippen LogP contribution in [0, 0.1) is 0 Å². The van der Waals surface area contributed by atoms with E-state index in [-0.39, 0.29) is 22.1 Å². The Kier molecular flexibility index (Phi) is 7.16. The van der Waals surface area contributed by atoms with Crippen molar-refractivity contribution >= 4 is 38.9 Å². The minimum absolute atomic E-state index is 0.0529. The van der Waals surface area contributed by atoms with E-state index in [1.54, 1.807) is 25.7 Å². The number of rotatable bonds is 8. The van der Waals surface area contributed by atoms with E-state index < -0.39 is 16.0 Å². The molecule has 11 heteroatoms. The van der Waals surface area contributed by atoms with Crippen LogP contribution in [0.1, 0.15) is 16.1 Å². The first-order valence-corrected chi connectivity index (χ1v) is 11.6. The zero-order valence-corrected chi connectivity index (χ0v) is 19.2. The summed E-state index contributed by atoms with van der Waals surface area (Å²) in [6.45, 7) is -0.110. The second-order valence-electron chi connectivity index (χ2n) is 6.11. The molecule has 31 heavy (non-hydrogen) atoms. The molecule has 0 saturated carbocycles. The van der Waals surface area contributed by atoms with Gasteiger partial charge in [-0.05, 0) is 37.4 Å². The smallest absolute Gasteiger partial charge is 0.340 e. The molecule has 0 unspecified atom stereocenters. The lowest BCUT2D eigenvalue weighted by molar-refractivity contribution is 0.0468. The van der Waals surface area contributed by atoms with E-state index in [1.807, 2.05) is 12.1 Å². The largest absolute Gasteiger partial charge is 0.493 e. The highest BCUT2D eigenvalue weighted by Gasteiger charge is 2.19. The summed E-state index contributed by atoms with van der Waals surface area (Å²) >= 11 is 7.42. The number of sulfonamides is 1. The average Bonchev–Trinajstić information content (AvgIpc) is 3.25. The topological polar surface area (TPSA) is 104 Å². The molecule has 1 N–H and O–H groups in total. The Hall–Kier alpha value is -2.66. The van der Waals surface area contributed by atoms with Gasteiger partial charge < -0.3 is 14.2 Å². The van der Waals surface area contributed by atoms with Crippen LogP contribution in [0.2, 0.25) is 5.02 Å². The van der Waals surface area contributed by atoms with Crippen LogP contribution in [0.15, 0.2) is 46.7 Å². The maximum absolute atomic E-state index is 12.5. The Balaban J connectivity index is 1.78. The zero-order chi connectivity index (χ0) is 22.6. The molecule has 8 nitrogen and oxygen atoms in total. The number of hydrogen-bond donors (Lipinski definition) is 1. The van der Waals surface area contributed by atoms with Gasteiger partial charge in [0.05, 0.1) is 41.0 Å². The van der Waals surface area contributed by atoms with Crippen LogP contribution in [0.4, 0.5) is 0 Å². The van der Waals surface area contributed by atoms with Crippen LogP contribution < -0.4 is 14.2 Å². The fourth-order valence-electron chi connectivity index (χ4n) is 2.72. The maximum atomic E-state index is 12.5. The Morgan fingerprint density at radius 1 is 1.19 bits per heavy atom. The fraction of sp³-hybridized carbons (Fsp3) is 0.200. The summed E-state index contributed by atoms with van der Waals surface area (Å²) in [7, 11) is 0.647. The molecule has 0 spiro atoms. The highest BCUT2D eigenvalue weighted by molar-refractivity contribution is 7.89. The number of benzene rings is 2. The van der Waals surface area contributed by atoms with E-state index in [1.165, 1.54) is 36.6 Å². The monoisotopic (exact) mass is 482 g/mol. The average molecular weight is 483 g/mol. The normalized spacial score (nSPS) is 11.2. The third kappa shape index (κ3) is 4.99. The molecule has 0 amide bonds. The molecule has 0 bridgehead atoms. The minimum Gasteiger partial charge on any atom is -0.493 e. The van der Waals surface area contributed by atoms with Gasteiger partial charge in [0.25, 0.3) is 0 Å². The first-order valence-electron chi connectivity index (χ1n) is 8.86. The summed E-state index contributed by atoms with van der Waals surface area (Å²) < 4.78 is 42.2. The molecule has 0 radical (unpaired) electrons. The maximum Gasteiger partial charge on any atom is 0.340 e. The molecule has 0 aliphatic rings. The Bertz CT molecular complexity index is 1210. The Morgan fingerprint density at radius 2 is 1.97 bits per heavy atom. The lowest BCUT2D eigenvalue weighted by atomic mass is 10.2. The zero-order valence-electron chi connectivity index (χ0n) is 16.8. The summed E-state index contributed by atoms with van der Waals surface area (Å²) in [6.07, 6.45) is 0. The fourth-order valence-corrected chi connectivity index (χ4v) is 4.49. The standard InChI is InChI=1S/C20H19ClN2O6S2/c1-22-31(25,26)13-7-8-16(21)15(9-13)20(24)29-10-12-11-30-19(23-12)14-5-4-6-17(27-2)18(14)28-3/h4-9,11,22H,10H2,1-3H3. The number of ether oxygens (including phenoxy) is 3. The molecule has 164 valence electrons. The van der Waals surface area contributed by atoms with Gasteiger partial charge in [-0.3, -0.25) is 0 Å². The number of carbonyl (C=O) groups excluding carboxylic acids is 1. The molecule has 0 aliphatic heterocycles. The number of halogens is 1. The highest BCUT2D eigenvalue weighted by atomic mass is 35.5. The van der Waals surface area contributed by atoms with Crippen molar-refractivity contribution in [2.75, 3.05) is 21.3 Å². The van der Waals surface area contributed by atoms with Crippen LogP contribution in [0.5, 0.6) is 11.5 Å². The van der Waals surface area contributed by atoms with Gasteiger partial charge in [0.1, 0.15) is 11.6 Å². The van der Waals surface area contributed by atoms with E-state index in [0.717, 1.165) is 5.56 Å². The third-order valence-corrected chi connectivity index (χ3v) is 6.94. The van der Waals surface area contributed by atoms with E-state index in [2.05, 4.69) is 9.71 Å². The predicted octanol–water partition coefficient (Wildman–Crippen LogP) is 3.75. The van der Waals surface area contributed by atoms with Crippen molar-refractivity contribution in [2.45, 2.75) is 11.5 Å². The lowest BCUT2D eigenvalue weighted by Gasteiger charge is -2.10. The van der Waals surface area contributed by atoms with Crippen LogP contribution in [0.25, 0.3) is 10.6 Å². The molecule has 0 fully saturated rings. The summed E-state index contributed by atoms with van der Waals surface area (Å²) in [5, 5.41) is 2.51. The molecular formula is C20H19ClN2O6S2. The van der Waals surface area contributed by atoms with E-state index in [4.69, 9.17) is 25.8 Å². The predicted molar refractivity (Wildman–Crippen MR) is 117 cm³/mol.